The van der Waals surface area contributed by atoms with Gasteiger partial charge in [-0.3, -0.25) is 0 Å². The Bertz CT molecular complexity index is 539. The van der Waals surface area contributed by atoms with Crippen LogP contribution in [0.4, 0.5) is 13.2 Å². The molecule has 0 radical (unpaired) electrons. The quantitative estimate of drug-likeness (QED) is 0.814. The van der Waals surface area contributed by atoms with E-state index in [-0.39, 0.29) is 0 Å². The van der Waals surface area contributed by atoms with Gasteiger partial charge >= 0.3 is 6.18 Å². The highest BCUT2D eigenvalue weighted by Gasteiger charge is 2.30. The second-order valence-electron chi connectivity index (χ2n) is 4.92. The third-order valence-corrected chi connectivity index (χ3v) is 2.72. The van der Waals surface area contributed by atoms with Gasteiger partial charge < -0.3 is 4.57 Å². The minimum atomic E-state index is -4.30. The lowest BCUT2D eigenvalue weighted by Crippen LogP contribution is -2.04. The lowest BCUT2D eigenvalue weighted by molar-refractivity contribution is -0.137. The summed E-state index contributed by atoms with van der Waals surface area (Å²) in [5.74, 6) is 0.495. The first-order chi connectivity index (χ1) is 8.86. The molecule has 0 saturated carbocycles. The number of rotatable bonds is 3. The van der Waals surface area contributed by atoms with Crippen LogP contribution in [0.15, 0.2) is 36.8 Å². The molecule has 0 bridgehead atoms. The van der Waals surface area contributed by atoms with Crippen molar-refractivity contribution in [2.45, 2.75) is 26.6 Å². The van der Waals surface area contributed by atoms with E-state index in [1.54, 1.807) is 6.33 Å². The average Bonchev–Trinajstić information content (AvgIpc) is 2.75. The van der Waals surface area contributed by atoms with Gasteiger partial charge in [0, 0.05) is 18.3 Å². The van der Waals surface area contributed by atoms with Crippen LogP contribution in [0.5, 0.6) is 0 Å². The van der Waals surface area contributed by atoms with Gasteiger partial charge in [0.25, 0.3) is 0 Å². The summed E-state index contributed by atoms with van der Waals surface area (Å²) >= 11 is 0. The fourth-order valence-electron chi connectivity index (χ4n) is 1.86. The van der Waals surface area contributed by atoms with Crippen molar-refractivity contribution >= 4 is 0 Å². The molecule has 0 spiro atoms. The maximum Gasteiger partial charge on any atom is 0.416 e. The van der Waals surface area contributed by atoms with Gasteiger partial charge in [0.2, 0.25) is 0 Å². The molecule has 1 aromatic heterocycles. The van der Waals surface area contributed by atoms with Gasteiger partial charge in [-0.05, 0) is 18.1 Å². The maximum atomic E-state index is 12.4. The Hall–Kier alpha value is -1.78. The molecule has 19 heavy (non-hydrogen) atoms. The van der Waals surface area contributed by atoms with Crippen molar-refractivity contribution in [1.29, 1.82) is 0 Å². The first-order valence-corrected chi connectivity index (χ1v) is 6.05. The van der Waals surface area contributed by atoms with Crippen LogP contribution >= 0.6 is 0 Å². The van der Waals surface area contributed by atoms with Gasteiger partial charge in [0.05, 0.1) is 17.6 Å². The van der Waals surface area contributed by atoms with Gasteiger partial charge in [-0.15, -0.1) is 0 Å². The minimum absolute atomic E-state index is 0.495. The number of nitrogens with zero attached hydrogens (tertiary/aromatic N) is 2. The smallest absolute Gasteiger partial charge is 0.337 e. The maximum absolute atomic E-state index is 12.4. The number of halogens is 3. The third-order valence-electron chi connectivity index (χ3n) is 2.72. The molecule has 102 valence electrons. The highest BCUT2D eigenvalue weighted by Crippen LogP contribution is 2.30. The monoisotopic (exact) mass is 268 g/mol. The Labute approximate surface area is 109 Å². The standard InChI is InChI=1S/C14H15F3N2/c1-10(2)7-19-8-13(18-9-19)11-3-5-12(6-4-11)14(15,16)17/h3-6,8-10H,7H2,1-2H3. The van der Waals surface area contributed by atoms with Gasteiger partial charge in [0.1, 0.15) is 0 Å². The molecule has 0 fully saturated rings. The Morgan fingerprint density at radius 2 is 1.79 bits per heavy atom. The summed E-state index contributed by atoms with van der Waals surface area (Å²) in [5.41, 5.74) is 0.739. The van der Waals surface area contributed by atoms with Crippen LogP contribution in [-0.4, -0.2) is 9.55 Å². The zero-order valence-corrected chi connectivity index (χ0v) is 10.8. The third kappa shape index (κ3) is 3.36. The van der Waals surface area contributed by atoms with E-state index in [1.165, 1.54) is 12.1 Å². The van der Waals surface area contributed by atoms with E-state index < -0.39 is 11.7 Å². The first kappa shape index (κ1) is 13.6. The van der Waals surface area contributed by atoms with Crippen LogP contribution in [0.1, 0.15) is 19.4 Å². The lowest BCUT2D eigenvalue weighted by atomic mass is 10.1. The number of hydrogen-bond acceptors (Lipinski definition) is 1. The minimum Gasteiger partial charge on any atom is -0.337 e. The number of benzene rings is 1. The summed E-state index contributed by atoms with van der Waals surface area (Å²) in [6, 6.07) is 5.06. The Balaban J connectivity index is 2.20. The van der Waals surface area contributed by atoms with Crippen LogP contribution in [0.2, 0.25) is 0 Å². The van der Waals surface area contributed by atoms with Gasteiger partial charge in [-0.2, -0.15) is 13.2 Å². The molecular weight excluding hydrogens is 253 g/mol. The largest absolute Gasteiger partial charge is 0.416 e. The summed E-state index contributed by atoms with van der Waals surface area (Å²) < 4.78 is 39.3. The highest BCUT2D eigenvalue weighted by molar-refractivity contribution is 5.58. The van der Waals surface area contributed by atoms with E-state index in [2.05, 4.69) is 18.8 Å². The molecule has 0 aliphatic heterocycles. The molecule has 0 atom stereocenters. The van der Waals surface area contributed by atoms with Crippen LogP contribution in [0.3, 0.4) is 0 Å². The molecule has 1 heterocycles. The Morgan fingerprint density at radius 1 is 1.16 bits per heavy atom. The molecule has 0 N–H and O–H groups in total. The molecule has 2 aromatic rings. The predicted octanol–water partition coefficient (Wildman–Crippen LogP) is 4.22. The topological polar surface area (TPSA) is 17.8 Å². The first-order valence-electron chi connectivity index (χ1n) is 6.05. The van der Waals surface area contributed by atoms with E-state index in [4.69, 9.17) is 0 Å². The number of alkyl halides is 3. The van der Waals surface area contributed by atoms with Crippen molar-refractivity contribution in [2.24, 2.45) is 5.92 Å². The van der Waals surface area contributed by atoms with E-state index in [1.807, 2.05) is 10.8 Å². The fraction of sp³-hybridized carbons (Fsp3) is 0.357. The van der Waals surface area contributed by atoms with Crippen LogP contribution in [0, 0.1) is 5.92 Å². The SMILES string of the molecule is CC(C)Cn1cnc(-c2ccc(C(F)(F)F)cc2)c1. The molecule has 2 rings (SSSR count). The average molecular weight is 268 g/mol. The molecule has 0 saturated heterocycles. The second-order valence-corrected chi connectivity index (χ2v) is 4.92. The van der Waals surface area contributed by atoms with E-state index in [9.17, 15) is 13.2 Å². The Morgan fingerprint density at radius 3 is 2.32 bits per heavy atom. The molecule has 0 amide bonds. The van der Waals surface area contributed by atoms with Crippen molar-refractivity contribution in [2.75, 3.05) is 0 Å². The van der Waals surface area contributed by atoms with Crippen molar-refractivity contribution in [1.82, 2.24) is 9.55 Å². The van der Waals surface area contributed by atoms with Crippen LogP contribution in [-0.2, 0) is 12.7 Å². The molecule has 5 heteroatoms. The summed E-state index contributed by atoms with van der Waals surface area (Å²) in [7, 11) is 0. The number of aromatic nitrogens is 2. The molecule has 0 aliphatic carbocycles. The number of hydrogen-bond donors (Lipinski definition) is 0. The number of imidazole rings is 1. The fourth-order valence-corrected chi connectivity index (χ4v) is 1.86. The van der Waals surface area contributed by atoms with Gasteiger partial charge in [0.15, 0.2) is 0 Å². The molecule has 0 aliphatic rings. The van der Waals surface area contributed by atoms with Crippen molar-refractivity contribution in [3.05, 3.63) is 42.4 Å². The summed E-state index contributed by atoms with van der Waals surface area (Å²) in [6.07, 6.45) is -0.745. The van der Waals surface area contributed by atoms with E-state index >= 15 is 0 Å². The Kier molecular flexibility index (Phi) is 3.64. The molecular formula is C14H15F3N2. The summed E-state index contributed by atoms with van der Waals surface area (Å²) in [5, 5.41) is 0. The van der Waals surface area contributed by atoms with E-state index in [0.717, 1.165) is 18.7 Å². The summed E-state index contributed by atoms with van der Waals surface area (Å²) in [4.78, 5) is 4.21. The normalized spacial score (nSPS) is 12.1. The zero-order chi connectivity index (χ0) is 14.0. The second kappa shape index (κ2) is 5.07. The van der Waals surface area contributed by atoms with E-state index in [0.29, 0.717) is 17.2 Å². The van der Waals surface area contributed by atoms with Crippen LogP contribution < -0.4 is 0 Å². The molecule has 1 aromatic carbocycles. The van der Waals surface area contributed by atoms with Crippen molar-refractivity contribution in [3.8, 4) is 11.3 Å². The van der Waals surface area contributed by atoms with Gasteiger partial charge in [-0.25, -0.2) is 4.98 Å². The van der Waals surface area contributed by atoms with Gasteiger partial charge in [-0.1, -0.05) is 26.0 Å². The van der Waals surface area contributed by atoms with Crippen LogP contribution in [0.25, 0.3) is 11.3 Å². The summed E-state index contributed by atoms with van der Waals surface area (Å²) in [6.45, 7) is 5.03. The predicted molar refractivity (Wildman–Crippen MR) is 67.5 cm³/mol. The lowest BCUT2D eigenvalue weighted by Gasteiger charge is -2.06. The van der Waals surface area contributed by atoms with Crippen molar-refractivity contribution < 1.29 is 13.2 Å². The highest BCUT2D eigenvalue weighted by atomic mass is 19.4. The zero-order valence-electron chi connectivity index (χ0n) is 10.8. The molecule has 2 nitrogen and oxygen atoms in total. The van der Waals surface area contributed by atoms with Crippen molar-refractivity contribution in [3.63, 3.8) is 0 Å². The molecule has 0 unspecified atom stereocenters.